The van der Waals surface area contributed by atoms with Crippen LogP contribution >= 0.6 is 0 Å². The van der Waals surface area contributed by atoms with Crippen molar-refractivity contribution in [2.24, 2.45) is 0 Å². The molecule has 43 heavy (non-hydrogen) atoms. The van der Waals surface area contributed by atoms with Crippen LogP contribution in [0.2, 0.25) is 0 Å². The summed E-state index contributed by atoms with van der Waals surface area (Å²) in [7, 11) is 0. The van der Waals surface area contributed by atoms with Gasteiger partial charge in [0.25, 0.3) is 0 Å². The molecule has 0 saturated heterocycles. The van der Waals surface area contributed by atoms with E-state index in [4.69, 9.17) is 9.47 Å². The first-order chi connectivity index (χ1) is 20.6. The third-order valence-corrected chi connectivity index (χ3v) is 9.14. The van der Waals surface area contributed by atoms with Crippen LogP contribution in [0.4, 0.5) is 0 Å². The van der Waals surface area contributed by atoms with Crippen LogP contribution in [-0.4, -0.2) is 6.10 Å². The van der Waals surface area contributed by atoms with Crippen molar-refractivity contribution in [3.63, 3.8) is 0 Å². The molecule has 0 bridgehead atoms. The summed E-state index contributed by atoms with van der Waals surface area (Å²) in [5, 5.41) is 0. The SMILES string of the molecule is Cc1ccc(C(C)(C)c2ccc(Oc3ccc(OC(C)C)c4c3C(C)c3ccccc3C4c3ccccc3C)cc2)cc1. The average Bonchev–Trinajstić information content (AvgIpc) is 2.99. The lowest BCUT2D eigenvalue weighted by atomic mass is 9.69. The minimum atomic E-state index is -0.111. The van der Waals surface area contributed by atoms with Crippen LogP contribution in [-0.2, 0) is 5.41 Å². The van der Waals surface area contributed by atoms with Gasteiger partial charge in [0.15, 0.2) is 0 Å². The molecule has 0 spiro atoms. The minimum absolute atomic E-state index is 0.0542. The zero-order valence-electron chi connectivity index (χ0n) is 26.4. The van der Waals surface area contributed by atoms with E-state index in [1.165, 1.54) is 50.1 Å². The molecule has 2 atom stereocenters. The number of rotatable bonds is 7. The van der Waals surface area contributed by atoms with Gasteiger partial charge < -0.3 is 9.47 Å². The number of hydrogen-bond acceptors (Lipinski definition) is 2. The molecule has 0 fully saturated rings. The van der Waals surface area contributed by atoms with E-state index in [-0.39, 0.29) is 23.4 Å². The summed E-state index contributed by atoms with van der Waals surface area (Å²) in [5.41, 5.74) is 11.4. The molecule has 2 nitrogen and oxygen atoms in total. The van der Waals surface area contributed by atoms with Crippen LogP contribution in [0.3, 0.4) is 0 Å². The van der Waals surface area contributed by atoms with E-state index in [2.05, 4.69) is 158 Å². The topological polar surface area (TPSA) is 18.5 Å². The maximum atomic E-state index is 6.77. The van der Waals surface area contributed by atoms with Gasteiger partial charge in [-0.15, -0.1) is 0 Å². The highest BCUT2D eigenvalue weighted by Gasteiger charge is 2.37. The van der Waals surface area contributed by atoms with E-state index in [1.807, 2.05) is 0 Å². The molecule has 1 aliphatic rings. The molecule has 0 heterocycles. The summed E-state index contributed by atoms with van der Waals surface area (Å²) in [6, 6.07) is 39.3. The van der Waals surface area contributed by atoms with Gasteiger partial charge in [-0.25, -0.2) is 0 Å². The lowest BCUT2D eigenvalue weighted by molar-refractivity contribution is 0.238. The van der Waals surface area contributed by atoms with E-state index in [9.17, 15) is 0 Å². The maximum Gasteiger partial charge on any atom is 0.131 e. The van der Waals surface area contributed by atoms with Gasteiger partial charge in [-0.3, -0.25) is 0 Å². The first-order valence-electron chi connectivity index (χ1n) is 15.5. The molecule has 218 valence electrons. The zero-order chi connectivity index (χ0) is 30.3. The largest absolute Gasteiger partial charge is 0.491 e. The summed E-state index contributed by atoms with van der Waals surface area (Å²) in [4.78, 5) is 0. The second kappa shape index (κ2) is 11.4. The highest BCUT2D eigenvalue weighted by atomic mass is 16.5. The van der Waals surface area contributed by atoms with Crippen LogP contribution in [0.15, 0.2) is 109 Å². The van der Waals surface area contributed by atoms with Crippen molar-refractivity contribution in [2.45, 2.75) is 71.8 Å². The van der Waals surface area contributed by atoms with Crippen molar-refractivity contribution >= 4 is 0 Å². The predicted molar refractivity (Wildman–Crippen MR) is 178 cm³/mol. The number of hydrogen-bond donors (Lipinski definition) is 0. The summed E-state index contributed by atoms with van der Waals surface area (Å²) < 4.78 is 13.3. The third kappa shape index (κ3) is 5.36. The van der Waals surface area contributed by atoms with Crippen LogP contribution in [0.5, 0.6) is 17.2 Å². The number of ether oxygens (including phenoxy) is 2. The fraction of sp³-hybridized carbons (Fsp3) is 0.268. The Hall–Kier alpha value is -4.30. The first kappa shape index (κ1) is 28.8. The van der Waals surface area contributed by atoms with Crippen molar-refractivity contribution in [3.05, 3.63) is 159 Å². The Kier molecular flexibility index (Phi) is 7.65. The van der Waals surface area contributed by atoms with Crippen LogP contribution in [0.1, 0.15) is 96.5 Å². The van der Waals surface area contributed by atoms with Gasteiger partial charge in [0.2, 0.25) is 0 Å². The highest BCUT2D eigenvalue weighted by Crippen LogP contribution is 2.53. The molecule has 2 unspecified atom stereocenters. The Morgan fingerprint density at radius 2 is 1.16 bits per heavy atom. The quantitative estimate of drug-likeness (QED) is 0.195. The van der Waals surface area contributed by atoms with Crippen molar-refractivity contribution in [3.8, 4) is 17.2 Å². The van der Waals surface area contributed by atoms with Crippen molar-refractivity contribution < 1.29 is 9.47 Å². The second-order valence-electron chi connectivity index (χ2n) is 12.8. The Morgan fingerprint density at radius 3 is 1.79 bits per heavy atom. The van der Waals surface area contributed by atoms with Gasteiger partial charge >= 0.3 is 0 Å². The summed E-state index contributed by atoms with van der Waals surface area (Å²) in [5.74, 6) is 2.86. The van der Waals surface area contributed by atoms with Gasteiger partial charge in [0, 0.05) is 28.4 Å². The fourth-order valence-electron chi connectivity index (χ4n) is 6.70. The summed E-state index contributed by atoms with van der Waals surface area (Å²) >= 11 is 0. The smallest absolute Gasteiger partial charge is 0.131 e. The second-order valence-corrected chi connectivity index (χ2v) is 12.8. The zero-order valence-corrected chi connectivity index (χ0v) is 26.4. The Morgan fingerprint density at radius 1 is 0.605 bits per heavy atom. The molecule has 6 rings (SSSR count). The number of benzene rings is 5. The minimum Gasteiger partial charge on any atom is -0.491 e. The Bertz CT molecular complexity index is 1740. The summed E-state index contributed by atoms with van der Waals surface area (Å²) in [6.45, 7) is 15.4. The molecule has 1 aliphatic carbocycles. The van der Waals surface area contributed by atoms with Crippen LogP contribution in [0, 0.1) is 13.8 Å². The fourth-order valence-corrected chi connectivity index (χ4v) is 6.70. The van der Waals surface area contributed by atoms with E-state index in [1.54, 1.807) is 0 Å². The monoisotopic (exact) mass is 566 g/mol. The molecule has 0 N–H and O–H groups in total. The molecule has 0 saturated carbocycles. The van der Waals surface area contributed by atoms with Gasteiger partial charge in [-0.1, -0.05) is 111 Å². The average molecular weight is 567 g/mol. The van der Waals surface area contributed by atoms with E-state index < -0.39 is 0 Å². The predicted octanol–water partition coefficient (Wildman–Crippen LogP) is 10.9. The van der Waals surface area contributed by atoms with Gasteiger partial charge in [-0.05, 0) is 85.3 Å². The molecular formula is C41H42O2. The molecule has 0 aromatic heterocycles. The van der Waals surface area contributed by atoms with Gasteiger partial charge in [-0.2, -0.15) is 0 Å². The standard InChI is InChI=1S/C41H42O2/c1-26(2)42-37-25-24-36(43-32-22-20-31(21-23-32)41(6,7)30-18-16-27(3)17-19-30)38-29(5)34-14-10-11-15-35(34)39(40(37)38)33-13-9-8-12-28(33)4/h8-26,29,39H,1-7H3. The number of fused-ring (bicyclic) bond motifs is 2. The number of aryl methyl sites for hydroxylation is 2. The molecular weight excluding hydrogens is 524 g/mol. The highest BCUT2D eigenvalue weighted by molar-refractivity contribution is 5.66. The molecule has 0 amide bonds. The molecule has 5 aromatic rings. The lowest BCUT2D eigenvalue weighted by Gasteiger charge is -2.36. The molecule has 5 aromatic carbocycles. The van der Waals surface area contributed by atoms with Gasteiger partial charge in [0.05, 0.1) is 6.10 Å². The van der Waals surface area contributed by atoms with E-state index in [0.29, 0.717) is 0 Å². The molecule has 0 aliphatic heterocycles. The molecule has 2 heteroatoms. The lowest BCUT2D eigenvalue weighted by Crippen LogP contribution is -2.21. The van der Waals surface area contributed by atoms with Crippen molar-refractivity contribution in [1.82, 2.24) is 0 Å². The van der Waals surface area contributed by atoms with Gasteiger partial charge in [0.1, 0.15) is 17.2 Å². The van der Waals surface area contributed by atoms with Crippen molar-refractivity contribution in [2.75, 3.05) is 0 Å². The van der Waals surface area contributed by atoms with Crippen LogP contribution in [0.25, 0.3) is 0 Å². The van der Waals surface area contributed by atoms with E-state index >= 15 is 0 Å². The third-order valence-electron chi connectivity index (χ3n) is 9.14. The molecule has 0 radical (unpaired) electrons. The van der Waals surface area contributed by atoms with Crippen LogP contribution < -0.4 is 9.47 Å². The normalized spacial score (nSPS) is 16.0. The van der Waals surface area contributed by atoms with E-state index in [0.717, 1.165) is 17.2 Å². The maximum absolute atomic E-state index is 6.77. The summed E-state index contributed by atoms with van der Waals surface area (Å²) in [6.07, 6.45) is 0.0605. The Balaban J connectivity index is 1.45. The van der Waals surface area contributed by atoms with Crippen molar-refractivity contribution in [1.29, 1.82) is 0 Å². The first-order valence-corrected chi connectivity index (χ1v) is 15.5. The Labute approximate surface area is 257 Å².